The van der Waals surface area contributed by atoms with E-state index in [1.807, 2.05) is 60.7 Å². The quantitative estimate of drug-likeness (QED) is 0.256. The van der Waals surface area contributed by atoms with Crippen molar-refractivity contribution in [3.63, 3.8) is 0 Å². The maximum absolute atomic E-state index is 14.8. The lowest BCUT2D eigenvalue weighted by Crippen LogP contribution is -2.66. The number of hydrogen-bond acceptors (Lipinski definition) is 4. The number of halogens is 2. The van der Waals surface area contributed by atoms with E-state index in [1.165, 1.54) is 0 Å². The molecule has 1 saturated carbocycles. The summed E-state index contributed by atoms with van der Waals surface area (Å²) in [5.41, 5.74) is 0. The molecule has 0 aromatic heterocycles. The van der Waals surface area contributed by atoms with Crippen LogP contribution in [-0.4, -0.2) is 40.2 Å². The second-order valence-electron chi connectivity index (χ2n) is 9.82. The monoisotopic (exact) mass is 510 g/mol. The van der Waals surface area contributed by atoms with Crippen molar-refractivity contribution in [3.05, 3.63) is 60.7 Å². The Morgan fingerprint density at radius 3 is 1.76 bits per heavy atom. The van der Waals surface area contributed by atoms with Crippen molar-refractivity contribution in [2.45, 2.75) is 52.0 Å². The fourth-order valence-corrected chi connectivity index (χ4v) is 11.2. The van der Waals surface area contributed by atoms with Gasteiger partial charge in [0.2, 0.25) is 0 Å². The molecule has 4 nitrogen and oxygen atoms in total. The summed E-state index contributed by atoms with van der Waals surface area (Å²) in [6, 6.07) is 20.0. The van der Waals surface area contributed by atoms with Crippen LogP contribution in [0.5, 0.6) is 0 Å². The SMILES string of the molecule is CCOP(=O)(CC[C@@H]1[C@H](CO[Si](c2ccccc2)(c2ccccc2)C(C)(C)C)C1(F)F)OCC. The van der Waals surface area contributed by atoms with Gasteiger partial charge in [-0.05, 0) is 35.7 Å². The minimum Gasteiger partial charge on any atom is -0.407 e. The van der Waals surface area contributed by atoms with Crippen molar-refractivity contribution in [2.24, 2.45) is 11.8 Å². The van der Waals surface area contributed by atoms with Crippen LogP contribution in [0.1, 0.15) is 41.0 Å². The summed E-state index contributed by atoms with van der Waals surface area (Å²) in [5.74, 6) is -4.65. The van der Waals surface area contributed by atoms with E-state index in [0.717, 1.165) is 10.4 Å². The van der Waals surface area contributed by atoms with E-state index in [9.17, 15) is 13.3 Å². The fourth-order valence-electron chi connectivity index (χ4n) is 4.91. The summed E-state index contributed by atoms with van der Waals surface area (Å²) in [7, 11) is -6.24. The molecule has 2 aromatic rings. The zero-order valence-corrected chi connectivity index (χ0v) is 22.7. The lowest BCUT2D eigenvalue weighted by Gasteiger charge is -2.43. The predicted octanol–water partition coefficient (Wildman–Crippen LogP) is 6.10. The summed E-state index contributed by atoms with van der Waals surface area (Å²) < 4.78 is 59.8. The molecule has 188 valence electrons. The highest BCUT2D eigenvalue weighted by Crippen LogP contribution is 2.60. The highest BCUT2D eigenvalue weighted by Gasteiger charge is 2.68. The van der Waals surface area contributed by atoms with E-state index < -0.39 is 33.7 Å². The van der Waals surface area contributed by atoms with Gasteiger partial charge in [0.1, 0.15) is 0 Å². The van der Waals surface area contributed by atoms with E-state index in [1.54, 1.807) is 13.8 Å². The molecule has 2 aromatic carbocycles. The lowest BCUT2D eigenvalue weighted by atomic mass is 10.2. The van der Waals surface area contributed by atoms with E-state index >= 15 is 0 Å². The van der Waals surface area contributed by atoms with E-state index in [0.29, 0.717) is 0 Å². The first-order valence-corrected chi connectivity index (χ1v) is 15.7. The van der Waals surface area contributed by atoms with Crippen molar-refractivity contribution in [1.82, 2.24) is 0 Å². The Morgan fingerprint density at radius 2 is 1.35 bits per heavy atom. The highest BCUT2D eigenvalue weighted by molar-refractivity contribution is 7.53. The first-order chi connectivity index (χ1) is 16.0. The Labute approximate surface area is 203 Å². The van der Waals surface area contributed by atoms with Gasteiger partial charge in [0.25, 0.3) is 14.2 Å². The van der Waals surface area contributed by atoms with Crippen LogP contribution in [0.2, 0.25) is 5.04 Å². The Kier molecular flexibility index (Phi) is 8.57. The zero-order chi connectivity index (χ0) is 25.0. The molecule has 0 radical (unpaired) electrons. The smallest absolute Gasteiger partial charge is 0.330 e. The molecule has 1 fully saturated rings. The molecule has 1 aliphatic rings. The second-order valence-corrected chi connectivity index (χ2v) is 16.3. The topological polar surface area (TPSA) is 44.8 Å². The third-order valence-electron chi connectivity index (χ3n) is 6.63. The average Bonchev–Trinajstić information content (AvgIpc) is 3.32. The third kappa shape index (κ3) is 5.55. The van der Waals surface area contributed by atoms with Crippen molar-refractivity contribution >= 4 is 26.3 Å². The molecule has 0 heterocycles. The fraction of sp³-hybridized carbons (Fsp3) is 0.538. The van der Waals surface area contributed by atoms with Gasteiger partial charge in [-0.2, -0.15) is 0 Å². The minimum atomic E-state index is -3.36. The van der Waals surface area contributed by atoms with Gasteiger partial charge in [-0.15, -0.1) is 0 Å². The normalized spacial score (nSPS) is 20.3. The molecule has 8 heteroatoms. The van der Waals surface area contributed by atoms with E-state index in [2.05, 4.69) is 20.8 Å². The Hall–Kier alpha value is -1.37. The standard InChI is InChI=1S/C26H37F2O4PSi/c1-6-30-33(29,31-7-2)19-18-23-24(26(23,27)28)20-32-34(25(3,4)5,21-14-10-8-11-15-21)22-16-12-9-13-17-22/h8-17,23-24H,6-7,18-20H2,1-5H3/t23-,24+/m1/s1. The van der Waals surface area contributed by atoms with Crippen LogP contribution in [0.15, 0.2) is 60.7 Å². The molecule has 34 heavy (non-hydrogen) atoms. The van der Waals surface area contributed by atoms with Gasteiger partial charge in [0.15, 0.2) is 0 Å². The number of rotatable bonds is 12. The molecule has 0 aliphatic heterocycles. The molecular formula is C26H37F2O4PSi. The lowest BCUT2D eigenvalue weighted by molar-refractivity contribution is 0.0731. The Morgan fingerprint density at radius 1 is 0.882 bits per heavy atom. The molecule has 0 bridgehead atoms. The number of hydrogen-bond donors (Lipinski definition) is 0. The van der Waals surface area contributed by atoms with Crippen molar-refractivity contribution < 1.29 is 26.8 Å². The van der Waals surface area contributed by atoms with Crippen molar-refractivity contribution in [1.29, 1.82) is 0 Å². The molecule has 0 N–H and O–H groups in total. The van der Waals surface area contributed by atoms with Crippen molar-refractivity contribution in [3.8, 4) is 0 Å². The highest BCUT2D eigenvalue weighted by atomic mass is 31.2. The maximum atomic E-state index is 14.8. The minimum absolute atomic E-state index is 0.00928. The van der Waals surface area contributed by atoms with Gasteiger partial charge in [-0.25, -0.2) is 8.78 Å². The summed E-state index contributed by atoms with van der Waals surface area (Å²) in [4.78, 5) is 0. The van der Waals surface area contributed by atoms with Crippen LogP contribution in [0.3, 0.4) is 0 Å². The summed E-state index contributed by atoms with van der Waals surface area (Å²) in [5, 5.41) is 1.84. The van der Waals surface area contributed by atoms with Crippen LogP contribution >= 0.6 is 7.60 Å². The Bertz CT molecular complexity index is 916. The molecule has 0 unspecified atom stereocenters. The van der Waals surface area contributed by atoms with E-state index in [4.69, 9.17) is 13.5 Å². The zero-order valence-electron chi connectivity index (χ0n) is 20.8. The predicted molar refractivity (Wildman–Crippen MR) is 136 cm³/mol. The van der Waals surface area contributed by atoms with Crippen LogP contribution in [0, 0.1) is 11.8 Å². The van der Waals surface area contributed by atoms with Gasteiger partial charge in [-0.3, -0.25) is 4.57 Å². The average molecular weight is 511 g/mol. The Balaban J connectivity index is 1.84. The van der Waals surface area contributed by atoms with Crippen molar-refractivity contribution in [2.75, 3.05) is 26.0 Å². The second kappa shape index (κ2) is 10.7. The molecular weight excluding hydrogens is 473 g/mol. The molecule has 0 amide bonds. The first-order valence-electron chi connectivity index (χ1n) is 12.0. The van der Waals surface area contributed by atoms with Crippen LogP contribution in [0.4, 0.5) is 8.78 Å². The molecule has 1 aliphatic carbocycles. The molecule has 0 spiro atoms. The number of benzene rings is 2. The largest absolute Gasteiger partial charge is 0.407 e. The van der Waals surface area contributed by atoms with Gasteiger partial charge in [-0.1, -0.05) is 81.4 Å². The maximum Gasteiger partial charge on any atom is 0.330 e. The van der Waals surface area contributed by atoms with Crippen LogP contribution in [0.25, 0.3) is 0 Å². The molecule has 0 saturated heterocycles. The first kappa shape index (κ1) is 27.2. The van der Waals surface area contributed by atoms with Gasteiger partial charge in [0, 0.05) is 12.5 Å². The van der Waals surface area contributed by atoms with Gasteiger partial charge in [0.05, 0.1) is 25.3 Å². The summed E-state index contributed by atoms with van der Waals surface area (Å²) >= 11 is 0. The number of alkyl halides is 2. The van der Waals surface area contributed by atoms with E-state index in [-0.39, 0.29) is 37.4 Å². The van der Waals surface area contributed by atoms with Crippen LogP contribution < -0.4 is 10.4 Å². The van der Waals surface area contributed by atoms with Gasteiger partial charge >= 0.3 is 7.60 Å². The molecule has 3 rings (SSSR count). The summed E-state index contributed by atoms with van der Waals surface area (Å²) in [6.45, 7) is 10.2. The molecule has 2 atom stereocenters. The third-order valence-corrected chi connectivity index (χ3v) is 13.7. The van der Waals surface area contributed by atoms with Gasteiger partial charge < -0.3 is 13.5 Å². The van der Waals surface area contributed by atoms with Crippen LogP contribution in [-0.2, 0) is 18.0 Å². The summed E-state index contributed by atoms with van der Waals surface area (Å²) in [6.07, 6.45) is 0.0731.